The lowest BCUT2D eigenvalue weighted by atomic mass is 10.1. The minimum Gasteiger partial charge on any atom is -0.462 e. The Kier molecular flexibility index (Phi) is 4.97. The topological polar surface area (TPSA) is 63.7 Å². The highest BCUT2D eigenvalue weighted by atomic mass is 35.5. The van der Waals surface area contributed by atoms with Gasteiger partial charge in [0.25, 0.3) is 11.8 Å². The number of hydrogen-bond donors (Lipinski definition) is 0. The number of thiophene rings is 1. The minimum atomic E-state index is -0.410. The zero-order valence-corrected chi connectivity index (χ0v) is 14.2. The molecule has 0 atom stereocenters. The Morgan fingerprint density at radius 3 is 2.29 bits per heavy atom. The molecular weight excluding hydrogens is 350 g/mol. The number of esters is 1. The average Bonchev–Trinajstić information content (AvgIpc) is 3.12. The molecule has 1 aliphatic heterocycles. The summed E-state index contributed by atoms with van der Waals surface area (Å²) in [4.78, 5) is 37.8. The van der Waals surface area contributed by atoms with E-state index >= 15 is 0 Å². The summed E-state index contributed by atoms with van der Waals surface area (Å²) in [6.45, 7) is 0.548. The van der Waals surface area contributed by atoms with E-state index in [2.05, 4.69) is 0 Å². The van der Waals surface area contributed by atoms with Gasteiger partial charge in [-0.1, -0.05) is 23.7 Å². The number of hydrogen-bond acceptors (Lipinski definition) is 5. The van der Waals surface area contributed by atoms with Crippen molar-refractivity contribution in [3.8, 4) is 0 Å². The number of ether oxygens (including phenoxy) is 1. The van der Waals surface area contributed by atoms with Crippen molar-refractivity contribution in [2.24, 2.45) is 0 Å². The molecule has 0 spiro atoms. The van der Waals surface area contributed by atoms with E-state index in [1.54, 1.807) is 36.4 Å². The van der Waals surface area contributed by atoms with Gasteiger partial charge in [0, 0.05) is 6.54 Å². The molecule has 24 heavy (non-hydrogen) atoms. The molecular formula is C17H14ClNO4S. The monoisotopic (exact) mass is 363 g/mol. The summed E-state index contributed by atoms with van der Waals surface area (Å²) in [6, 6.07) is 10.1. The van der Waals surface area contributed by atoms with E-state index in [1.807, 2.05) is 0 Å². The number of amides is 2. The van der Waals surface area contributed by atoms with Crippen molar-refractivity contribution < 1.29 is 19.1 Å². The highest BCUT2D eigenvalue weighted by Crippen LogP contribution is 2.23. The normalized spacial score (nSPS) is 13.3. The summed E-state index contributed by atoms with van der Waals surface area (Å²) < 4.78 is 5.68. The van der Waals surface area contributed by atoms with Crippen LogP contribution in [0.5, 0.6) is 0 Å². The van der Waals surface area contributed by atoms with Crippen LogP contribution in [0.3, 0.4) is 0 Å². The van der Waals surface area contributed by atoms with Gasteiger partial charge in [0.15, 0.2) is 0 Å². The number of benzene rings is 1. The van der Waals surface area contributed by atoms with Gasteiger partial charge >= 0.3 is 5.97 Å². The van der Waals surface area contributed by atoms with E-state index in [1.165, 1.54) is 16.2 Å². The molecule has 1 aliphatic rings. The van der Waals surface area contributed by atoms with Crippen LogP contribution in [0.4, 0.5) is 0 Å². The van der Waals surface area contributed by atoms with Crippen molar-refractivity contribution in [2.45, 2.75) is 12.8 Å². The largest absolute Gasteiger partial charge is 0.462 e. The fraction of sp³-hybridized carbons (Fsp3) is 0.235. The van der Waals surface area contributed by atoms with Crippen molar-refractivity contribution >= 4 is 40.7 Å². The predicted octanol–water partition coefficient (Wildman–Crippen LogP) is 3.63. The first-order valence-corrected chi connectivity index (χ1v) is 8.65. The Morgan fingerprint density at radius 2 is 1.71 bits per heavy atom. The van der Waals surface area contributed by atoms with Crippen LogP contribution in [0.15, 0.2) is 36.4 Å². The fourth-order valence-electron chi connectivity index (χ4n) is 2.47. The second kappa shape index (κ2) is 7.15. The van der Waals surface area contributed by atoms with Crippen LogP contribution < -0.4 is 0 Å². The zero-order valence-electron chi connectivity index (χ0n) is 12.7. The van der Waals surface area contributed by atoms with Crippen LogP contribution in [0.2, 0.25) is 4.34 Å². The van der Waals surface area contributed by atoms with Crippen molar-refractivity contribution in [1.82, 2.24) is 4.90 Å². The van der Waals surface area contributed by atoms with Crippen LogP contribution in [-0.2, 0) is 4.74 Å². The second-order valence-electron chi connectivity index (χ2n) is 5.25. The summed E-state index contributed by atoms with van der Waals surface area (Å²) in [5.41, 5.74) is 0.895. The van der Waals surface area contributed by atoms with Gasteiger partial charge in [0.1, 0.15) is 4.88 Å². The number of imide groups is 1. The molecule has 1 aromatic heterocycles. The summed E-state index contributed by atoms with van der Waals surface area (Å²) in [7, 11) is 0. The van der Waals surface area contributed by atoms with Crippen LogP contribution in [0.25, 0.3) is 0 Å². The number of carbonyl (C=O) groups is 3. The number of carbonyl (C=O) groups excluding carboxylic acids is 3. The van der Waals surface area contributed by atoms with Gasteiger partial charge in [-0.05, 0) is 37.1 Å². The average molecular weight is 364 g/mol. The van der Waals surface area contributed by atoms with Crippen molar-refractivity contribution in [2.75, 3.05) is 13.2 Å². The molecule has 0 unspecified atom stereocenters. The Hall–Kier alpha value is -2.18. The Bertz CT molecular complexity index is 766. The van der Waals surface area contributed by atoms with Crippen LogP contribution in [0, 0.1) is 0 Å². The highest BCUT2D eigenvalue weighted by molar-refractivity contribution is 7.17. The van der Waals surface area contributed by atoms with Gasteiger partial charge in [-0.2, -0.15) is 0 Å². The third kappa shape index (κ3) is 3.34. The molecule has 1 aromatic carbocycles. The lowest BCUT2D eigenvalue weighted by molar-refractivity contribution is 0.0491. The highest BCUT2D eigenvalue weighted by Gasteiger charge is 2.34. The van der Waals surface area contributed by atoms with Crippen molar-refractivity contribution in [3.63, 3.8) is 0 Å². The Balaban J connectivity index is 1.44. The third-order valence-corrected chi connectivity index (χ3v) is 4.87. The molecule has 0 N–H and O–H groups in total. The van der Waals surface area contributed by atoms with E-state index < -0.39 is 5.97 Å². The number of halogens is 1. The molecule has 2 amide bonds. The van der Waals surface area contributed by atoms with E-state index in [0.29, 0.717) is 39.7 Å². The Labute approximate surface area is 147 Å². The van der Waals surface area contributed by atoms with Gasteiger partial charge < -0.3 is 4.74 Å². The lowest BCUT2D eigenvalue weighted by Gasteiger charge is -2.13. The summed E-state index contributed by atoms with van der Waals surface area (Å²) in [5.74, 6) is -0.936. The quantitative estimate of drug-likeness (QED) is 0.446. The van der Waals surface area contributed by atoms with Crippen LogP contribution in [-0.4, -0.2) is 35.8 Å². The van der Waals surface area contributed by atoms with E-state index in [9.17, 15) is 14.4 Å². The minimum absolute atomic E-state index is 0.234. The van der Waals surface area contributed by atoms with Gasteiger partial charge in [-0.25, -0.2) is 4.79 Å². The molecule has 5 nitrogen and oxygen atoms in total. The first kappa shape index (κ1) is 16.7. The molecule has 0 radical (unpaired) electrons. The van der Waals surface area contributed by atoms with Gasteiger partial charge in [0.05, 0.1) is 22.1 Å². The molecule has 0 aliphatic carbocycles. The van der Waals surface area contributed by atoms with Crippen LogP contribution >= 0.6 is 22.9 Å². The van der Waals surface area contributed by atoms with E-state index in [4.69, 9.17) is 16.3 Å². The SMILES string of the molecule is O=C(OCCCCN1C(=O)c2ccccc2C1=O)c1ccc(Cl)s1. The maximum absolute atomic E-state index is 12.2. The Morgan fingerprint density at radius 1 is 1.04 bits per heavy atom. The summed E-state index contributed by atoms with van der Waals surface area (Å²) in [6.07, 6.45) is 1.14. The van der Waals surface area contributed by atoms with E-state index in [-0.39, 0.29) is 18.4 Å². The molecule has 0 bridgehead atoms. The van der Waals surface area contributed by atoms with Gasteiger partial charge in [-0.15, -0.1) is 11.3 Å². The maximum Gasteiger partial charge on any atom is 0.348 e. The van der Waals surface area contributed by atoms with Gasteiger partial charge in [0.2, 0.25) is 0 Å². The number of nitrogens with zero attached hydrogens (tertiary/aromatic N) is 1. The smallest absolute Gasteiger partial charge is 0.348 e. The first-order chi connectivity index (χ1) is 11.6. The predicted molar refractivity (Wildman–Crippen MR) is 90.7 cm³/mol. The third-order valence-electron chi connectivity index (χ3n) is 3.66. The van der Waals surface area contributed by atoms with Crippen LogP contribution in [0.1, 0.15) is 43.2 Å². The fourth-order valence-corrected chi connectivity index (χ4v) is 3.41. The van der Waals surface area contributed by atoms with Crippen molar-refractivity contribution in [3.05, 3.63) is 56.7 Å². The second-order valence-corrected chi connectivity index (χ2v) is 6.97. The number of fused-ring (bicyclic) bond motifs is 1. The molecule has 0 saturated heterocycles. The molecule has 124 valence electrons. The summed E-state index contributed by atoms with van der Waals surface area (Å²) >= 11 is 6.93. The molecule has 0 fully saturated rings. The number of unbranched alkanes of at least 4 members (excludes halogenated alkanes) is 1. The van der Waals surface area contributed by atoms with E-state index in [0.717, 1.165) is 0 Å². The molecule has 2 aromatic rings. The lowest BCUT2D eigenvalue weighted by Crippen LogP contribution is -2.30. The standard InChI is InChI=1S/C17H14ClNO4S/c18-14-8-7-13(24-14)17(22)23-10-4-3-9-19-15(20)11-5-1-2-6-12(11)16(19)21/h1-2,5-8H,3-4,9-10H2. The summed E-state index contributed by atoms with van der Waals surface area (Å²) in [5, 5.41) is 0. The molecule has 3 rings (SSSR count). The van der Waals surface area contributed by atoms with Gasteiger partial charge in [-0.3, -0.25) is 14.5 Å². The zero-order chi connectivity index (χ0) is 17.1. The maximum atomic E-state index is 12.2. The van der Waals surface area contributed by atoms with Crippen molar-refractivity contribution in [1.29, 1.82) is 0 Å². The number of rotatable bonds is 6. The first-order valence-electron chi connectivity index (χ1n) is 7.45. The molecule has 0 saturated carbocycles. The molecule has 7 heteroatoms. The molecule has 2 heterocycles.